The first-order valence-corrected chi connectivity index (χ1v) is 7.46. The van der Waals surface area contributed by atoms with Crippen LogP contribution in [0.3, 0.4) is 0 Å². The molecule has 0 unspecified atom stereocenters. The minimum absolute atomic E-state index is 0.000663. The Morgan fingerprint density at radius 1 is 1.00 bits per heavy atom. The summed E-state index contributed by atoms with van der Waals surface area (Å²) >= 11 is 0. The second kappa shape index (κ2) is 7.88. The van der Waals surface area contributed by atoms with Gasteiger partial charge < -0.3 is 9.84 Å². The summed E-state index contributed by atoms with van der Waals surface area (Å²) in [6, 6.07) is 18.2. The number of aryl methyl sites for hydroxylation is 1. The molecule has 0 fully saturated rings. The molecular formula is C19H20F2O2. The van der Waals surface area contributed by atoms with Gasteiger partial charge in [-0.25, -0.2) is 0 Å². The first kappa shape index (κ1) is 17.2. The third-order valence-corrected chi connectivity index (χ3v) is 3.60. The number of aliphatic hydroxyl groups excluding tert-OH is 1. The monoisotopic (exact) mass is 318 g/mol. The Morgan fingerprint density at radius 2 is 1.52 bits per heavy atom. The highest BCUT2D eigenvalue weighted by atomic mass is 19.3. The minimum atomic E-state index is -3.48. The van der Waals surface area contributed by atoms with Crippen LogP contribution in [-0.2, 0) is 17.8 Å². The van der Waals surface area contributed by atoms with Gasteiger partial charge in [-0.05, 0) is 24.0 Å². The number of halogens is 2. The molecule has 0 radical (unpaired) electrons. The van der Waals surface area contributed by atoms with Crippen LogP contribution in [0, 0.1) is 0 Å². The molecule has 0 bridgehead atoms. The van der Waals surface area contributed by atoms with Gasteiger partial charge >= 0.3 is 5.92 Å². The van der Waals surface area contributed by atoms with Crippen LogP contribution in [0.2, 0.25) is 0 Å². The fraction of sp³-hybridized carbons (Fsp3) is 0.263. The Balaban J connectivity index is 1.87. The SMILES string of the molecule is C=C(OCc1ccccc1)C(F)(F)[C@@H](O)CCc1ccccc1. The van der Waals surface area contributed by atoms with E-state index in [2.05, 4.69) is 6.58 Å². The Bertz CT molecular complexity index is 612. The molecular weight excluding hydrogens is 298 g/mol. The van der Waals surface area contributed by atoms with Gasteiger partial charge in [-0.3, -0.25) is 0 Å². The van der Waals surface area contributed by atoms with Gasteiger partial charge in [-0.15, -0.1) is 0 Å². The van der Waals surface area contributed by atoms with Gasteiger partial charge in [0, 0.05) is 0 Å². The molecule has 0 heterocycles. The maximum atomic E-state index is 14.1. The average molecular weight is 318 g/mol. The lowest BCUT2D eigenvalue weighted by molar-refractivity contribution is -0.115. The van der Waals surface area contributed by atoms with E-state index in [0.717, 1.165) is 11.1 Å². The summed E-state index contributed by atoms with van der Waals surface area (Å²) in [6.07, 6.45) is -1.53. The zero-order chi connectivity index (χ0) is 16.7. The van der Waals surface area contributed by atoms with E-state index < -0.39 is 17.8 Å². The Kier molecular flexibility index (Phi) is 5.88. The lowest BCUT2D eigenvalue weighted by atomic mass is 10.0. The van der Waals surface area contributed by atoms with Crippen LogP contribution >= 0.6 is 0 Å². The Labute approximate surface area is 135 Å². The van der Waals surface area contributed by atoms with E-state index in [1.807, 2.05) is 36.4 Å². The van der Waals surface area contributed by atoms with Gasteiger partial charge in [0.25, 0.3) is 0 Å². The molecule has 0 saturated carbocycles. The van der Waals surface area contributed by atoms with Gasteiger partial charge in [0.15, 0.2) is 5.76 Å². The molecule has 122 valence electrons. The molecule has 0 aliphatic heterocycles. The molecule has 0 saturated heterocycles. The summed E-state index contributed by atoms with van der Waals surface area (Å²) in [6.45, 7) is 3.29. The maximum Gasteiger partial charge on any atom is 0.328 e. The number of alkyl halides is 2. The summed E-state index contributed by atoms with van der Waals surface area (Å²) in [7, 11) is 0. The molecule has 0 amide bonds. The maximum absolute atomic E-state index is 14.1. The lowest BCUT2D eigenvalue weighted by Crippen LogP contribution is -2.36. The number of hydrogen-bond donors (Lipinski definition) is 1. The minimum Gasteiger partial charge on any atom is -0.487 e. The molecule has 2 aromatic carbocycles. The standard InChI is InChI=1S/C19H20F2O2/c1-15(23-14-17-10-6-3-7-11-17)19(20,21)18(22)13-12-16-8-4-2-5-9-16/h2-11,18,22H,1,12-14H2/t18-/m0/s1. The number of hydrogen-bond acceptors (Lipinski definition) is 2. The molecule has 4 heteroatoms. The normalized spacial score (nSPS) is 12.7. The fourth-order valence-electron chi connectivity index (χ4n) is 2.16. The second-order valence-corrected chi connectivity index (χ2v) is 5.36. The Morgan fingerprint density at radius 3 is 2.09 bits per heavy atom. The van der Waals surface area contributed by atoms with Crippen molar-refractivity contribution in [3.8, 4) is 0 Å². The van der Waals surface area contributed by atoms with Gasteiger partial charge in [-0.2, -0.15) is 8.78 Å². The van der Waals surface area contributed by atoms with E-state index in [0.29, 0.717) is 6.42 Å². The summed E-state index contributed by atoms with van der Waals surface area (Å²) in [4.78, 5) is 0. The van der Waals surface area contributed by atoms with E-state index in [-0.39, 0.29) is 13.0 Å². The van der Waals surface area contributed by atoms with Crippen molar-refractivity contribution in [1.82, 2.24) is 0 Å². The van der Waals surface area contributed by atoms with E-state index in [1.54, 1.807) is 24.3 Å². The van der Waals surface area contributed by atoms with Crippen molar-refractivity contribution in [1.29, 1.82) is 0 Å². The zero-order valence-electron chi connectivity index (χ0n) is 12.8. The summed E-state index contributed by atoms with van der Waals surface area (Å²) in [5, 5.41) is 9.82. The first-order chi connectivity index (χ1) is 11.0. The molecule has 23 heavy (non-hydrogen) atoms. The predicted molar refractivity (Wildman–Crippen MR) is 86.1 cm³/mol. The van der Waals surface area contributed by atoms with Crippen molar-refractivity contribution in [2.24, 2.45) is 0 Å². The molecule has 1 N–H and O–H groups in total. The molecule has 2 nitrogen and oxygen atoms in total. The number of aliphatic hydroxyl groups is 1. The summed E-state index contributed by atoms with van der Waals surface area (Å²) in [5.41, 5.74) is 1.67. The smallest absolute Gasteiger partial charge is 0.328 e. The van der Waals surface area contributed by atoms with E-state index >= 15 is 0 Å². The average Bonchev–Trinajstić information content (AvgIpc) is 2.59. The van der Waals surface area contributed by atoms with Crippen molar-refractivity contribution in [3.63, 3.8) is 0 Å². The highest BCUT2D eigenvalue weighted by Gasteiger charge is 2.42. The van der Waals surface area contributed by atoms with Crippen molar-refractivity contribution in [2.45, 2.75) is 31.5 Å². The highest BCUT2D eigenvalue weighted by molar-refractivity contribution is 5.16. The van der Waals surface area contributed by atoms with E-state index in [9.17, 15) is 13.9 Å². The second-order valence-electron chi connectivity index (χ2n) is 5.36. The van der Waals surface area contributed by atoms with E-state index in [1.165, 1.54) is 0 Å². The van der Waals surface area contributed by atoms with Crippen LogP contribution in [0.4, 0.5) is 8.78 Å². The lowest BCUT2D eigenvalue weighted by Gasteiger charge is -2.24. The third kappa shape index (κ3) is 4.89. The van der Waals surface area contributed by atoms with Crippen LogP contribution in [0.25, 0.3) is 0 Å². The van der Waals surface area contributed by atoms with Gasteiger partial charge in [0.2, 0.25) is 0 Å². The number of benzene rings is 2. The molecule has 2 aromatic rings. The van der Waals surface area contributed by atoms with Crippen molar-refractivity contribution >= 4 is 0 Å². The predicted octanol–water partition coefficient (Wildman–Crippen LogP) is 4.35. The first-order valence-electron chi connectivity index (χ1n) is 7.46. The molecule has 0 aliphatic carbocycles. The molecule has 2 rings (SSSR count). The number of rotatable bonds is 8. The van der Waals surface area contributed by atoms with Gasteiger partial charge in [0.1, 0.15) is 12.7 Å². The summed E-state index contributed by atoms with van der Waals surface area (Å²) < 4.78 is 33.3. The number of ether oxygens (including phenoxy) is 1. The van der Waals surface area contributed by atoms with Crippen LogP contribution < -0.4 is 0 Å². The van der Waals surface area contributed by atoms with Gasteiger partial charge in [0.05, 0.1) is 0 Å². The highest BCUT2D eigenvalue weighted by Crippen LogP contribution is 2.30. The van der Waals surface area contributed by atoms with Crippen molar-refractivity contribution in [3.05, 3.63) is 84.1 Å². The van der Waals surface area contributed by atoms with Crippen molar-refractivity contribution in [2.75, 3.05) is 0 Å². The molecule has 1 atom stereocenters. The fourth-order valence-corrected chi connectivity index (χ4v) is 2.16. The molecule has 0 aliphatic rings. The molecule has 0 spiro atoms. The summed E-state index contributed by atoms with van der Waals surface area (Å²) in [5.74, 6) is -4.19. The quantitative estimate of drug-likeness (QED) is 0.733. The van der Waals surface area contributed by atoms with Crippen molar-refractivity contribution < 1.29 is 18.6 Å². The van der Waals surface area contributed by atoms with Crippen LogP contribution in [0.5, 0.6) is 0 Å². The van der Waals surface area contributed by atoms with Crippen LogP contribution in [-0.4, -0.2) is 17.1 Å². The van der Waals surface area contributed by atoms with Crippen LogP contribution in [0.15, 0.2) is 73.0 Å². The van der Waals surface area contributed by atoms with E-state index in [4.69, 9.17) is 4.74 Å². The van der Waals surface area contributed by atoms with Crippen LogP contribution in [0.1, 0.15) is 17.5 Å². The van der Waals surface area contributed by atoms with Gasteiger partial charge in [-0.1, -0.05) is 67.2 Å². The largest absolute Gasteiger partial charge is 0.487 e. The zero-order valence-corrected chi connectivity index (χ0v) is 12.8. The molecule has 0 aromatic heterocycles. The topological polar surface area (TPSA) is 29.5 Å². The Hall–Kier alpha value is -2.20. The third-order valence-electron chi connectivity index (χ3n) is 3.60.